The van der Waals surface area contributed by atoms with Gasteiger partial charge in [-0.2, -0.15) is 11.8 Å². The molecule has 0 saturated heterocycles. The van der Waals surface area contributed by atoms with Crippen LogP contribution >= 0.6 is 23.5 Å². The van der Waals surface area contributed by atoms with Gasteiger partial charge in [0.1, 0.15) is 11.3 Å². The van der Waals surface area contributed by atoms with Crippen LogP contribution in [0.2, 0.25) is 0 Å². The first kappa shape index (κ1) is 18.6. The lowest BCUT2D eigenvalue weighted by molar-refractivity contribution is -0.141. The molecule has 0 unspecified atom stereocenters. The van der Waals surface area contributed by atoms with Gasteiger partial charge < -0.3 is 10.4 Å². The van der Waals surface area contributed by atoms with Crippen molar-refractivity contribution in [1.82, 2.24) is 5.32 Å². The van der Waals surface area contributed by atoms with Crippen LogP contribution in [0.15, 0.2) is 30.3 Å². The monoisotopic (exact) mass is 341 g/mol. The van der Waals surface area contributed by atoms with E-state index in [0.717, 1.165) is 23.1 Å². The number of hydrogen-bond donors (Lipinski definition) is 2. The van der Waals surface area contributed by atoms with Crippen molar-refractivity contribution in [2.24, 2.45) is 0 Å². The number of carbonyl (C=O) groups excluding carboxylic acids is 2. The molecule has 1 aromatic carbocycles. The van der Waals surface area contributed by atoms with Crippen LogP contribution < -0.4 is 5.32 Å². The average Bonchev–Trinajstić information content (AvgIpc) is 2.46. The van der Waals surface area contributed by atoms with Gasteiger partial charge in [-0.1, -0.05) is 42.1 Å². The molecule has 0 aliphatic rings. The van der Waals surface area contributed by atoms with Crippen molar-refractivity contribution in [3.05, 3.63) is 35.9 Å². The SMILES string of the molecule is CC(=O)S[C@H](CSCc1ccccc1)C(=O)N[C@@H](C)C(=O)O. The first-order valence-electron chi connectivity index (χ1n) is 6.72. The number of hydrogen-bond acceptors (Lipinski definition) is 5. The summed E-state index contributed by atoms with van der Waals surface area (Å²) in [4.78, 5) is 34.1. The predicted octanol–water partition coefficient (Wildman–Crippen LogP) is 2.16. The Hall–Kier alpha value is -1.47. The molecular weight excluding hydrogens is 322 g/mol. The number of rotatable bonds is 8. The van der Waals surface area contributed by atoms with E-state index in [4.69, 9.17) is 5.11 Å². The number of benzene rings is 1. The lowest BCUT2D eigenvalue weighted by atomic mass is 10.2. The molecule has 7 heteroatoms. The molecule has 0 aliphatic heterocycles. The molecule has 5 nitrogen and oxygen atoms in total. The molecule has 0 aromatic heterocycles. The Morgan fingerprint density at radius 1 is 1.23 bits per heavy atom. The quantitative estimate of drug-likeness (QED) is 0.754. The van der Waals surface area contributed by atoms with Crippen molar-refractivity contribution in [2.45, 2.75) is 30.9 Å². The molecule has 0 heterocycles. The number of nitrogens with one attached hydrogen (secondary N) is 1. The smallest absolute Gasteiger partial charge is 0.325 e. The van der Waals surface area contributed by atoms with Gasteiger partial charge in [0.15, 0.2) is 5.12 Å². The van der Waals surface area contributed by atoms with E-state index in [9.17, 15) is 14.4 Å². The van der Waals surface area contributed by atoms with Crippen LogP contribution in [0.4, 0.5) is 0 Å². The number of carbonyl (C=O) groups is 3. The second-order valence-electron chi connectivity index (χ2n) is 4.67. The Labute approximate surface area is 138 Å². The molecule has 2 N–H and O–H groups in total. The summed E-state index contributed by atoms with van der Waals surface area (Å²) >= 11 is 2.47. The Bertz CT molecular complexity index is 522. The molecule has 0 spiro atoms. The molecular formula is C15H19NO4S2. The molecule has 0 bridgehead atoms. The van der Waals surface area contributed by atoms with E-state index in [0.29, 0.717) is 5.75 Å². The van der Waals surface area contributed by atoms with E-state index >= 15 is 0 Å². The third-order valence-electron chi connectivity index (χ3n) is 2.71. The Morgan fingerprint density at radius 3 is 2.41 bits per heavy atom. The Balaban J connectivity index is 2.54. The second-order valence-corrected chi connectivity index (χ2v) is 7.08. The summed E-state index contributed by atoms with van der Waals surface area (Å²) < 4.78 is 0. The fourth-order valence-corrected chi connectivity index (χ4v) is 3.64. The molecule has 1 aromatic rings. The summed E-state index contributed by atoms with van der Waals surface area (Å²) in [6, 6.07) is 8.84. The van der Waals surface area contributed by atoms with Crippen molar-refractivity contribution in [1.29, 1.82) is 0 Å². The number of carboxylic acid groups (broad SMARTS) is 1. The maximum atomic E-state index is 12.1. The molecule has 120 valence electrons. The molecule has 0 radical (unpaired) electrons. The van der Waals surface area contributed by atoms with Crippen LogP contribution in [0.3, 0.4) is 0 Å². The van der Waals surface area contributed by atoms with Gasteiger partial charge >= 0.3 is 5.97 Å². The highest BCUT2D eigenvalue weighted by Gasteiger charge is 2.24. The highest BCUT2D eigenvalue weighted by atomic mass is 32.2. The molecule has 0 saturated carbocycles. The molecule has 1 rings (SSSR count). The molecule has 1 amide bonds. The number of carboxylic acids is 1. The van der Waals surface area contributed by atoms with Gasteiger partial charge in [-0.15, -0.1) is 0 Å². The second kappa shape index (κ2) is 9.53. The summed E-state index contributed by atoms with van der Waals surface area (Å²) in [6.45, 7) is 2.79. The maximum absolute atomic E-state index is 12.1. The largest absolute Gasteiger partial charge is 0.480 e. The summed E-state index contributed by atoms with van der Waals surface area (Å²) in [7, 11) is 0. The lowest BCUT2D eigenvalue weighted by Crippen LogP contribution is -2.43. The molecule has 22 heavy (non-hydrogen) atoms. The minimum absolute atomic E-state index is 0.163. The minimum Gasteiger partial charge on any atom is -0.480 e. The van der Waals surface area contributed by atoms with E-state index < -0.39 is 23.2 Å². The van der Waals surface area contributed by atoms with E-state index in [1.54, 1.807) is 0 Å². The molecule has 0 fully saturated rings. The fourth-order valence-electron chi connectivity index (χ4n) is 1.59. The summed E-state index contributed by atoms with van der Waals surface area (Å²) in [5.74, 6) is -0.345. The number of aliphatic carboxylic acids is 1. The van der Waals surface area contributed by atoms with Gasteiger partial charge in [0.2, 0.25) is 5.91 Å². The fraction of sp³-hybridized carbons (Fsp3) is 0.400. The Morgan fingerprint density at radius 2 is 1.86 bits per heavy atom. The van der Waals surface area contributed by atoms with Crippen molar-refractivity contribution in [2.75, 3.05) is 5.75 Å². The van der Waals surface area contributed by atoms with E-state index in [-0.39, 0.29) is 5.12 Å². The topological polar surface area (TPSA) is 83.5 Å². The predicted molar refractivity (Wildman–Crippen MR) is 89.9 cm³/mol. The zero-order valence-electron chi connectivity index (χ0n) is 12.4. The summed E-state index contributed by atoms with van der Waals surface area (Å²) in [6.07, 6.45) is 0. The van der Waals surface area contributed by atoms with Gasteiger partial charge in [-0.05, 0) is 12.5 Å². The first-order valence-corrected chi connectivity index (χ1v) is 8.75. The normalized spacial score (nSPS) is 13.2. The number of thioether (sulfide) groups is 2. The minimum atomic E-state index is -1.10. The standard InChI is InChI=1S/C15H19NO4S2/c1-10(15(19)20)16-14(18)13(22-11(2)17)9-21-8-12-6-4-3-5-7-12/h3-7,10,13H,8-9H2,1-2H3,(H,16,18)(H,19,20)/t10-,13+/m0/s1. The third kappa shape index (κ3) is 7.00. The van der Waals surface area contributed by atoms with E-state index in [1.165, 1.54) is 25.6 Å². The molecule has 2 atom stereocenters. The highest BCUT2D eigenvalue weighted by molar-refractivity contribution is 8.15. The van der Waals surface area contributed by atoms with E-state index in [2.05, 4.69) is 5.32 Å². The van der Waals surface area contributed by atoms with Crippen molar-refractivity contribution >= 4 is 40.5 Å². The van der Waals surface area contributed by atoms with Crippen LogP contribution in [-0.2, 0) is 20.1 Å². The van der Waals surface area contributed by atoms with Gasteiger partial charge in [0.25, 0.3) is 0 Å². The lowest BCUT2D eigenvalue weighted by Gasteiger charge is -2.16. The van der Waals surface area contributed by atoms with Crippen LogP contribution in [0, 0.1) is 0 Å². The average molecular weight is 341 g/mol. The maximum Gasteiger partial charge on any atom is 0.325 e. The van der Waals surface area contributed by atoms with Crippen LogP contribution in [0.25, 0.3) is 0 Å². The third-order valence-corrected chi connectivity index (χ3v) is 5.03. The van der Waals surface area contributed by atoms with Gasteiger partial charge in [0, 0.05) is 18.4 Å². The molecule has 0 aliphatic carbocycles. The first-order chi connectivity index (χ1) is 10.4. The van der Waals surface area contributed by atoms with Gasteiger partial charge in [0.05, 0.1) is 0 Å². The van der Waals surface area contributed by atoms with Crippen LogP contribution in [0.5, 0.6) is 0 Å². The van der Waals surface area contributed by atoms with Crippen molar-refractivity contribution in [3.63, 3.8) is 0 Å². The summed E-state index contributed by atoms with van der Waals surface area (Å²) in [5.41, 5.74) is 1.14. The van der Waals surface area contributed by atoms with Gasteiger partial charge in [-0.3, -0.25) is 14.4 Å². The highest BCUT2D eigenvalue weighted by Crippen LogP contribution is 2.21. The van der Waals surface area contributed by atoms with Gasteiger partial charge in [-0.25, -0.2) is 0 Å². The number of amides is 1. The zero-order valence-corrected chi connectivity index (χ0v) is 14.1. The van der Waals surface area contributed by atoms with Crippen LogP contribution in [0.1, 0.15) is 19.4 Å². The summed E-state index contributed by atoms with van der Waals surface area (Å²) in [5, 5.41) is 10.5. The zero-order chi connectivity index (χ0) is 16.5. The van der Waals surface area contributed by atoms with Crippen LogP contribution in [-0.4, -0.2) is 39.1 Å². The van der Waals surface area contributed by atoms with Crippen molar-refractivity contribution < 1.29 is 19.5 Å². The Kier molecular flexibility index (Phi) is 8.05. The van der Waals surface area contributed by atoms with E-state index in [1.807, 2.05) is 30.3 Å². The van der Waals surface area contributed by atoms with Crippen molar-refractivity contribution in [3.8, 4) is 0 Å².